The van der Waals surface area contributed by atoms with Gasteiger partial charge in [0.2, 0.25) is 5.95 Å². The summed E-state index contributed by atoms with van der Waals surface area (Å²) >= 11 is 0. The van der Waals surface area contributed by atoms with E-state index in [9.17, 15) is 0 Å². The van der Waals surface area contributed by atoms with E-state index in [2.05, 4.69) is 20.3 Å². The van der Waals surface area contributed by atoms with E-state index in [-0.39, 0.29) is 6.04 Å². The predicted octanol–water partition coefficient (Wildman–Crippen LogP) is 4.46. The van der Waals surface area contributed by atoms with Gasteiger partial charge in [0.05, 0.1) is 12.6 Å². The van der Waals surface area contributed by atoms with Crippen LogP contribution in [0, 0.1) is 0 Å². The van der Waals surface area contributed by atoms with E-state index in [1.165, 1.54) is 0 Å². The number of rotatable bonds is 5. The number of ether oxygens (including phenoxy) is 1. The number of benzene rings is 2. The van der Waals surface area contributed by atoms with Crippen LogP contribution in [0.25, 0.3) is 22.0 Å². The molecule has 2 aromatic carbocycles. The molecule has 28 heavy (non-hydrogen) atoms. The maximum atomic E-state index is 5.90. The Morgan fingerprint density at radius 3 is 2.46 bits per heavy atom. The molecule has 0 aliphatic carbocycles. The summed E-state index contributed by atoms with van der Waals surface area (Å²) in [6, 6.07) is 15.8. The smallest absolute Gasteiger partial charge is 0.227 e. The number of hydrogen-bond donors (Lipinski definition) is 2. The predicted molar refractivity (Wildman–Crippen MR) is 112 cm³/mol. The van der Waals surface area contributed by atoms with E-state index in [4.69, 9.17) is 10.5 Å². The van der Waals surface area contributed by atoms with Crippen LogP contribution in [-0.4, -0.2) is 22.1 Å². The first kappa shape index (κ1) is 17.9. The first-order valence-electron chi connectivity index (χ1n) is 9.02. The van der Waals surface area contributed by atoms with E-state index in [1.807, 2.05) is 61.7 Å². The van der Waals surface area contributed by atoms with Crippen molar-refractivity contribution in [3.05, 3.63) is 72.7 Å². The Morgan fingerprint density at radius 1 is 1.04 bits per heavy atom. The van der Waals surface area contributed by atoms with Crippen molar-refractivity contribution in [3.63, 3.8) is 0 Å². The van der Waals surface area contributed by atoms with Crippen LogP contribution >= 0.6 is 0 Å². The van der Waals surface area contributed by atoms with Crippen LogP contribution in [0.3, 0.4) is 0 Å². The molecule has 2 heterocycles. The van der Waals surface area contributed by atoms with Crippen molar-refractivity contribution >= 4 is 22.5 Å². The number of nitrogens with one attached hydrogen (secondary N) is 1. The quantitative estimate of drug-likeness (QED) is 0.538. The largest absolute Gasteiger partial charge is 0.496 e. The Kier molecular flexibility index (Phi) is 4.87. The van der Waals surface area contributed by atoms with Crippen molar-refractivity contribution in [3.8, 4) is 16.9 Å². The van der Waals surface area contributed by atoms with Crippen LogP contribution in [0.4, 0.5) is 11.6 Å². The van der Waals surface area contributed by atoms with E-state index in [0.29, 0.717) is 5.95 Å². The number of pyridine rings is 1. The molecule has 0 saturated carbocycles. The third kappa shape index (κ3) is 3.63. The molecule has 0 amide bonds. The molecule has 0 saturated heterocycles. The third-order valence-corrected chi connectivity index (χ3v) is 4.58. The summed E-state index contributed by atoms with van der Waals surface area (Å²) in [7, 11) is 1.66. The van der Waals surface area contributed by atoms with Gasteiger partial charge >= 0.3 is 0 Å². The number of nitrogens with zero attached hydrogens (tertiary/aromatic N) is 3. The number of anilines is 2. The zero-order valence-corrected chi connectivity index (χ0v) is 15.8. The third-order valence-electron chi connectivity index (χ3n) is 4.58. The Balaban J connectivity index is 1.67. The van der Waals surface area contributed by atoms with Gasteiger partial charge in [0, 0.05) is 47.3 Å². The van der Waals surface area contributed by atoms with Gasteiger partial charge in [-0.05, 0) is 48.4 Å². The molecule has 0 fully saturated rings. The van der Waals surface area contributed by atoms with Crippen molar-refractivity contribution in [2.45, 2.75) is 13.0 Å². The van der Waals surface area contributed by atoms with E-state index >= 15 is 0 Å². The highest BCUT2D eigenvalue weighted by Crippen LogP contribution is 2.33. The number of aromatic nitrogens is 3. The van der Waals surface area contributed by atoms with Gasteiger partial charge in [0.1, 0.15) is 5.75 Å². The van der Waals surface area contributed by atoms with E-state index in [1.54, 1.807) is 19.5 Å². The van der Waals surface area contributed by atoms with Gasteiger partial charge in [0.25, 0.3) is 0 Å². The van der Waals surface area contributed by atoms with Gasteiger partial charge in [-0.2, -0.15) is 0 Å². The van der Waals surface area contributed by atoms with Crippen molar-refractivity contribution in [1.29, 1.82) is 0 Å². The zero-order chi connectivity index (χ0) is 19.5. The van der Waals surface area contributed by atoms with Crippen LogP contribution < -0.4 is 15.8 Å². The second-order valence-electron chi connectivity index (χ2n) is 6.58. The molecule has 0 spiro atoms. The normalized spacial score (nSPS) is 12.0. The van der Waals surface area contributed by atoms with Crippen LogP contribution in [-0.2, 0) is 0 Å². The minimum Gasteiger partial charge on any atom is -0.496 e. The lowest BCUT2D eigenvalue weighted by Gasteiger charge is -2.12. The topological polar surface area (TPSA) is 86.0 Å². The number of fused-ring (bicyclic) bond motifs is 1. The van der Waals surface area contributed by atoms with Gasteiger partial charge < -0.3 is 15.8 Å². The van der Waals surface area contributed by atoms with Gasteiger partial charge in [-0.1, -0.05) is 12.1 Å². The molecule has 0 bridgehead atoms. The molecule has 0 aliphatic heterocycles. The molecule has 0 radical (unpaired) electrons. The highest BCUT2D eigenvalue weighted by molar-refractivity contribution is 5.88. The Hall–Kier alpha value is -3.51. The Labute approximate surface area is 163 Å². The van der Waals surface area contributed by atoms with Crippen LogP contribution in [0.1, 0.15) is 18.5 Å². The first-order valence-corrected chi connectivity index (χ1v) is 9.02. The number of nitrogens with two attached hydrogens (primary N) is 1. The van der Waals surface area contributed by atoms with Gasteiger partial charge in [-0.25, -0.2) is 9.97 Å². The average Bonchev–Trinajstić information content (AvgIpc) is 2.73. The standard InChI is InChI=1S/C22H21N5O/c1-14(23)15-3-5-18(6-4-15)26-22-25-13-17-11-19(16-7-9-24-10-8-16)21(28-2)12-20(17)27-22/h3-14H,23H2,1-2H3,(H,25,26,27)/t14-/m1/s1. The van der Waals surface area contributed by atoms with Gasteiger partial charge in [0.15, 0.2) is 0 Å². The summed E-state index contributed by atoms with van der Waals surface area (Å²) in [6.07, 6.45) is 5.34. The molecule has 140 valence electrons. The maximum absolute atomic E-state index is 5.90. The number of methoxy groups -OCH3 is 1. The lowest BCUT2D eigenvalue weighted by atomic mass is 10.0. The molecule has 4 aromatic rings. The molecule has 6 heteroatoms. The average molecular weight is 371 g/mol. The molecule has 4 rings (SSSR count). The summed E-state index contributed by atoms with van der Waals surface area (Å²) in [5.74, 6) is 1.28. The maximum Gasteiger partial charge on any atom is 0.227 e. The monoisotopic (exact) mass is 371 g/mol. The van der Waals surface area contributed by atoms with Gasteiger partial charge in [-0.15, -0.1) is 0 Å². The van der Waals surface area contributed by atoms with Crippen LogP contribution in [0.15, 0.2) is 67.1 Å². The summed E-state index contributed by atoms with van der Waals surface area (Å²) < 4.78 is 5.59. The van der Waals surface area contributed by atoms with Crippen molar-refractivity contribution < 1.29 is 4.74 Å². The molecule has 3 N–H and O–H groups in total. The minimum absolute atomic E-state index is 0.00743. The second kappa shape index (κ2) is 7.62. The summed E-state index contributed by atoms with van der Waals surface area (Å²) in [5, 5.41) is 4.17. The fourth-order valence-corrected chi connectivity index (χ4v) is 3.04. The first-order chi connectivity index (χ1) is 13.6. The fourth-order valence-electron chi connectivity index (χ4n) is 3.04. The summed E-state index contributed by atoms with van der Waals surface area (Å²) in [4.78, 5) is 13.2. The fraction of sp³-hybridized carbons (Fsp3) is 0.136. The number of hydrogen-bond acceptors (Lipinski definition) is 6. The molecule has 1 atom stereocenters. The Bertz CT molecular complexity index is 1100. The van der Waals surface area contributed by atoms with Crippen molar-refractivity contribution in [1.82, 2.24) is 15.0 Å². The van der Waals surface area contributed by atoms with Crippen molar-refractivity contribution in [2.24, 2.45) is 5.73 Å². The highest BCUT2D eigenvalue weighted by Gasteiger charge is 2.10. The Morgan fingerprint density at radius 2 is 1.79 bits per heavy atom. The highest BCUT2D eigenvalue weighted by atomic mass is 16.5. The molecule has 2 aromatic heterocycles. The lowest BCUT2D eigenvalue weighted by Crippen LogP contribution is -2.04. The van der Waals surface area contributed by atoms with E-state index < -0.39 is 0 Å². The summed E-state index contributed by atoms with van der Waals surface area (Å²) in [6.45, 7) is 1.96. The van der Waals surface area contributed by atoms with Gasteiger partial charge in [-0.3, -0.25) is 4.98 Å². The molecular weight excluding hydrogens is 350 g/mol. The molecule has 6 nitrogen and oxygen atoms in total. The SMILES string of the molecule is COc1cc2nc(Nc3ccc([C@@H](C)N)cc3)ncc2cc1-c1ccncc1. The van der Waals surface area contributed by atoms with Crippen LogP contribution in [0.5, 0.6) is 5.75 Å². The molecular formula is C22H21N5O. The zero-order valence-electron chi connectivity index (χ0n) is 15.8. The molecule has 0 aliphatic rings. The van der Waals surface area contributed by atoms with E-state index in [0.717, 1.165) is 39.0 Å². The second-order valence-corrected chi connectivity index (χ2v) is 6.58. The minimum atomic E-state index is 0.00743. The van der Waals surface area contributed by atoms with Crippen molar-refractivity contribution in [2.75, 3.05) is 12.4 Å². The van der Waals surface area contributed by atoms with Crippen LogP contribution in [0.2, 0.25) is 0 Å². The lowest BCUT2D eigenvalue weighted by molar-refractivity contribution is 0.417. The molecule has 0 unspecified atom stereocenters. The summed E-state index contributed by atoms with van der Waals surface area (Å²) in [5.41, 5.74) is 10.7.